The van der Waals surface area contributed by atoms with Crippen LogP contribution in [-0.2, 0) is 6.54 Å². The quantitative estimate of drug-likeness (QED) is 0.803. The topological polar surface area (TPSA) is 22.0 Å². The van der Waals surface area contributed by atoms with Crippen molar-refractivity contribution in [1.29, 1.82) is 0 Å². The highest BCUT2D eigenvalue weighted by Gasteiger charge is 2.04. The molecule has 0 atom stereocenters. The molecule has 0 saturated heterocycles. The summed E-state index contributed by atoms with van der Waals surface area (Å²) < 4.78 is 3.14. The highest BCUT2D eigenvalue weighted by Crippen LogP contribution is 2.14. The first-order valence-electron chi connectivity index (χ1n) is 5.17. The molecule has 88 valence electrons. The lowest BCUT2D eigenvalue weighted by atomic mass is 10.1. The van der Waals surface area contributed by atoms with Crippen molar-refractivity contribution < 1.29 is 0 Å². The summed E-state index contributed by atoms with van der Waals surface area (Å²) in [6.07, 6.45) is 1.80. The lowest BCUT2D eigenvalue weighted by Crippen LogP contribution is -2.20. The van der Waals surface area contributed by atoms with Crippen molar-refractivity contribution in [1.82, 2.24) is 4.57 Å². The van der Waals surface area contributed by atoms with Crippen molar-refractivity contribution >= 4 is 31.9 Å². The number of halogens is 2. The first-order chi connectivity index (χ1) is 8.06. The Kier molecular flexibility index (Phi) is 3.84. The summed E-state index contributed by atoms with van der Waals surface area (Å²) >= 11 is 6.65. The SMILES string of the molecule is Cc1cccc(Cn2cc(Br)cc(Br)c2=O)c1. The number of aromatic nitrogens is 1. The number of rotatable bonds is 2. The zero-order valence-electron chi connectivity index (χ0n) is 9.28. The highest BCUT2D eigenvalue weighted by atomic mass is 79.9. The van der Waals surface area contributed by atoms with E-state index in [1.807, 2.05) is 25.1 Å². The van der Waals surface area contributed by atoms with Gasteiger partial charge in [0.1, 0.15) is 0 Å². The van der Waals surface area contributed by atoms with Gasteiger partial charge < -0.3 is 4.57 Å². The molecule has 2 rings (SSSR count). The fourth-order valence-electron chi connectivity index (χ4n) is 1.69. The lowest BCUT2D eigenvalue weighted by Gasteiger charge is -2.08. The molecular formula is C13H11Br2NO. The minimum atomic E-state index is -0.0188. The van der Waals surface area contributed by atoms with Crippen LogP contribution in [0.4, 0.5) is 0 Å². The molecule has 0 N–H and O–H groups in total. The van der Waals surface area contributed by atoms with Gasteiger partial charge in [0.15, 0.2) is 0 Å². The van der Waals surface area contributed by atoms with E-state index in [1.54, 1.807) is 16.8 Å². The Morgan fingerprint density at radius 2 is 2.00 bits per heavy atom. The van der Waals surface area contributed by atoms with Crippen molar-refractivity contribution in [3.05, 3.63) is 67.0 Å². The van der Waals surface area contributed by atoms with E-state index in [1.165, 1.54) is 5.56 Å². The van der Waals surface area contributed by atoms with Crippen LogP contribution in [0.1, 0.15) is 11.1 Å². The molecule has 1 aromatic carbocycles. The first-order valence-corrected chi connectivity index (χ1v) is 6.76. The third-order valence-electron chi connectivity index (χ3n) is 2.44. The van der Waals surface area contributed by atoms with E-state index in [0.717, 1.165) is 10.0 Å². The number of pyridine rings is 1. The van der Waals surface area contributed by atoms with Gasteiger partial charge in [0.2, 0.25) is 0 Å². The van der Waals surface area contributed by atoms with Gasteiger partial charge in [-0.25, -0.2) is 0 Å². The number of benzene rings is 1. The molecule has 0 radical (unpaired) electrons. The molecule has 0 saturated carbocycles. The third-order valence-corrected chi connectivity index (χ3v) is 3.45. The average Bonchev–Trinajstić information content (AvgIpc) is 2.25. The van der Waals surface area contributed by atoms with E-state index >= 15 is 0 Å². The molecule has 0 spiro atoms. The minimum absolute atomic E-state index is 0.0188. The van der Waals surface area contributed by atoms with Gasteiger partial charge in [-0.05, 0) is 50.4 Å². The molecule has 17 heavy (non-hydrogen) atoms. The van der Waals surface area contributed by atoms with Gasteiger partial charge in [-0.15, -0.1) is 0 Å². The van der Waals surface area contributed by atoms with Crippen LogP contribution in [-0.4, -0.2) is 4.57 Å². The van der Waals surface area contributed by atoms with Gasteiger partial charge in [0.25, 0.3) is 5.56 Å². The summed E-state index contributed by atoms with van der Waals surface area (Å²) in [6.45, 7) is 2.63. The molecule has 0 aliphatic carbocycles. The maximum absolute atomic E-state index is 11.9. The molecule has 0 aliphatic rings. The first kappa shape index (κ1) is 12.6. The molecule has 0 amide bonds. The predicted octanol–water partition coefficient (Wildman–Crippen LogP) is 3.73. The van der Waals surface area contributed by atoms with E-state index in [-0.39, 0.29) is 5.56 Å². The summed E-state index contributed by atoms with van der Waals surface area (Å²) in [5, 5.41) is 0. The molecule has 1 aromatic heterocycles. The van der Waals surface area contributed by atoms with Gasteiger partial charge in [0, 0.05) is 10.7 Å². The van der Waals surface area contributed by atoms with Gasteiger partial charge in [-0.1, -0.05) is 29.8 Å². The standard InChI is InChI=1S/C13H11Br2NO/c1-9-3-2-4-10(5-9)7-16-8-11(14)6-12(15)13(16)17/h2-6,8H,7H2,1H3. The predicted molar refractivity (Wildman–Crippen MR) is 76.4 cm³/mol. The van der Waals surface area contributed by atoms with Crippen molar-refractivity contribution in [3.8, 4) is 0 Å². The van der Waals surface area contributed by atoms with Crippen LogP contribution in [0.25, 0.3) is 0 Å². The Labute approximate surface area is 117 Å². The second-order valence-electron chi connectivity index (χ2n) is 3.93. The largest absolute Gasteiger partial charge is 0.309 e. The van der Waals surface area contributed by atoms with Crippen LogP contribution < -0.4 is 5.56 Å². The van der Waals surface area contributed by atoms with Crippen molar-refractivity contribution in [2.45, 2.75) is 13.5 Å². The number of nitrogens with zero attached hydrogens (tertiary/aromatic N) is 1. The highest BCUT2D eigenvalue weighted by molar-refractivity contribution is 9.11. The number of hydrogen-bond donors (Lipinski definition) is 0. The zero-order chi connectivity index (χ0) is 12.4. The summed E-state index contributed by atoms with van der Waals surface area (Å²) in [6, 6.07) is 9.91. The van der Waals surface area contributed by atoms with Gasteiger partial charge in [0.05, 0.1) is 11.0 Å². The third kappa shape index (κ3) is 3.07. The second kappa shape index (κ2) is 5.19. The van der Waals surface area contributed by atoms with Crippen LogP contribution in [0.2, 0.25) is 0 Å². The van der Waals surface area contributed by atoms with Gasteiger partial charge >= 0.3 is 0 Å². The normalized spacial score (nSPS) is 10.5. The Morgan fingerprint density at radius 1 is 1.24 bits per heavy atom. The maximum Gasteiger partial charge on any atom is 0.265 e. The lowest BCUT2D eigenvalue weighted by molar-refractivity contribution is 0.751. The van der Waals surface area contributed by atoms with Crippen molar-refractivity contribution in [3.63, 3.8) is 0 Å². The summed E-state index contributed by atoms with van der Waals surface area (Å²) in [5.41, 5.74) is 2.30. The molecule has 0 aliphatic heterocycles. The van der Waals surface area contributed by atoms with Crippen LogP contribution in [0.5, 0.6) is 0 Å². The van der Waals surface area contributed by atoms with E-state index in [4.69, 9.17) is 0 Å². The van der Waals surface area contributed by atoms with Crippen LogP contribution in [0, 0.1) is 6.92 Å². The van der Waals surface area contributed by atoms with E-state index in [0.29, 0.717) is 11.0 Å². The Hall–Kier alpha value is -0.870. The second-order valence-corrected chi connectivity index (χ2v) is 5.70. The van der Waals surface area contributed by atoms with Crippen LogP contribution >= 0.6 is 31.9 Å². The number of aryl methyl sites for hydroxylation is 1. The summed E-state index contributed by atoms with van der Waals surface area (Å²) in [7, 11) is 0. The molecule has 2 nitrogen and oxygen atoms in total. The van der Waals surface area contributed by atoms with Crippen LogP contribution in [0.3, 0.4) is 0 Å². The molecule has 4 heteroatoms. The molecule has 0 unspecified atom stereocenters. The zero-order valence-corrected chi connectivity index (χ0v) is 12.5. The molecule has 2 aromatic rings. The molecule has 0 bridgehead atoms. The Bertz CT molecular complexity index is 605. The molecular weight excluding hydrogens is 346 g/mol. The monoisotopic (exact) mass is 355 g/mol. The van der Waals surface area contributed by atoms with Crippen molar-refractivity contribution in [2.75, 3.05) is 0 Å². The van der Waals surface area contributed by atoms with E-state index < -0.39 is 0 Å². The molecule has 0 fully saturated rings. The van der Waals surface area contributed by atoms with E-state index in [2.05, 4.69) is 37.9 Å². The summed E-state index contributed by atoms with van der Waals surface area (Å²) in [5.74, 6) is 0. The van der Waals surface area contributed by atoms with Crippen molar-refractivity contribution in [2.24, 2.45) is 0 Å². The minimum Gasteiger partial charge on any atom is -0.309 e. The average molecular weight is 357 g/mol. The summed E-state index contributed by atoms with van der Waals surface area (Å²) in [4.78, 5) is 11.9. The van der Waals surface area contributed by atoms with Gasteiger partial charge in [-0.2, -0.15) is 0 Å². The van der Waals surface area contributed by atoms with Crippen LogP contribution in [0.15, 0.2) is 50.3 Å². The Balaban J connectivity index is 2.40. The molecule has 1 heterocycles. The van der Waals surface area contributed by atoms with E-state index in [9.17, 15) is 4.79 Å². The van der Waals surface area contributed by atoms with Gasteiger partial charge in [-0.3, -0.25) is 4.79 Å². The fraction of sp³-hybridized carbons (Fsp3) is 0.154. The number of hydrogen-bond acceptors (Lipinski definition) is 1. The fourth-order valence-corrected chi connectivity index (χ4v) is 2.95. The smallest absolute Gasteiger partial charge is 0.265 e. The Morgan fingerprint density at radius 3 is 2.71 bits per heavy atom. The maximum atomic E-state index is 11.9.